The molecule has 3 aromatic rings. The summed E-state index contributed by atoms with van der Waals surface area (Å²) in [5.74, 6) is 0.594. The summed E-state index contributed by atoms with van der Waals surface area (Å²) in [6, 6.07) is 8.90. The smallest absolute Gasteiger partial charge is 0.251 e. The summed E-state index contributed by atoms with van der Waals surface area (Å²) in [7, 11) is 0. The van der Waals surface area contributed by atoms with Gasteiger partial charge in [0.1, 0.15) is 5.76 Å². The van der Waals surface area contributed by atoms with Crippen LogP contribution >= 0.6 is 0 Å². The second-order valence-corrected chi connectivity index (χ2v) is 4.38. The summed E-state index contributed by atoms with van der Waals surface area (Å²) >= 11 is 0. The molecular weight excluding hydrogens is 242 g/mol. The summed E-state index contributed by atoms with van der Waals surface area (Å²) in [6.07, 6.45) is 3.32. The quantitative estimate of drug-likeness (QED) is 0.755. The molecule has 0 saturated heterocycles. The Morgan fingerprint density at radius 2 is 2.32 bits per heavy atom. The second-order valence-electron chi connectivity index (χ2n) is 4.38. The number of amides is 1. The van der Waals surface area contributed by atoms with Crippen molar-refractivity contribution in [3.63, 3.8) is 0 Å². The molecule has 1 atom stereocenters. The van der Waals surface area contributed by atoms with Gasteiger partial charge < -0.3 is 9.73 Å². The van der Waals surface area contributed by atoms with Gasteiger partial charge in [-0.15, -0.1) is 0 Å². The lowest BCUT2D eigenvalue weighted by atomic mass is 10.1. The Morgan fingerprint density at radius 3 is 3.11 bits per heavy atom. The minimum Gasteiger partial charge on any atom is -0.467 e. The molecule has 1 aromatic carbocycles. The third-order valence-corrected chi connectivity index (χ3v) is 3.02. The van der Waals surface area contributed by atoms with Crippen molar-refractivity contribution in [2.45, 2.75) is 13.0 Å². The van der Waals surface area contributed by atoms with Crippen LogP contribution in [0.4, 0.5) is 0 Å². The molecule has 0 aliphatic rings. The van der Waals surface area contributed by atoms with Crippen LogP contribution in [0.1, 0.15) is 29.1 Å². The molecule has 19 heavy (non-hydrogen) atoms. The number of furan rings is 1. The lowest BCUT2D eigenvalue weighted by Gasteiger charge is -2.11. The van der Waals surface area contributed by atoms with Crippen molar-refractivity contribution in [3.05, 3.63) is 54.1 Å². The standard InChI is InChI=1S/C14H13N3O2/c1-9(13-3-2-6-19-13)16-14(18)10-4-5-11-8-15-17-12(11)7-10/h2-9H,1H3,(H,15,17)(H,16,18). The Bertz CT molecular complexity index is 700. The van der Waals surface area contributed by atoms with Gasteiger partial charge in [-0.3, -0.25) is 9.89 Å². The molecular formula is C14H13N3O2. The van der Waals surface area contributed by atoms with Gasteiger partial charge in [0.05, 0.1) is 24.0 Å². The Hall–Kier alpha value is -2.56. The number of hydrogen-bond acceptors (Lipinski definition) is 3. The fraction of sp³-hybridized carbons (Fsp3) is 0.143. The zero-order valence-corrected chi connectivity index (χ0v) is 10.4. The first kappa shape index (κ1) is 11.5. The van der Waals surface area contributed by atoms with E-state index in [0.717, 1.165) is 16.7 Å². The third kappa shape index (κ3) is 2.22. The number of nitrogens with one attached hydrogen (secondary N) is 2. The minimum atomic E-state index is -0.167. The van der Waals surface area contributed by atoms with E-state index in [1.54, 1.807) is 30.7 Å². The fourth-order valence-corrected chi connectivity index (χ4v) is 1.97. The summed E-state index contributed by atoms with van der Waals surface area (Å²) in [5.41, 5.74) is 1.44. The molecule has 1 unspecified atom stereocenters. The first-order valence-corrected chi connectivity index (χ1v) is 6.01. The van der Waals surface area contributed by atoms with Gasteiger partial charge in [-0.05, 0) is 31.2 Å². The van der Waals surface area contributed by atoms with Crippen LogP contribution in [0.5, 0.6) is 0 Å². The maximum Gasteiger partial charge on any atom is 0.251 e. The molecule has 3 rings (SSSR count). The largest absolute Gasteiger partial charge is 0.467 e. The molecule has 0 fully saturated rings. The van der Waals surface area contributed by atoms with Gasteiger partial charge in [0.25, 0.3) is 5.91 Å². The van der Waals surface area contributed by atoms with E-state index in [-0.39, 0.29) is 11.9 Å². The lowest BCUT2D eigenvalue weighted by Crippen LogP contribution is -2.26. The van der Waals surface area contributed by atoms with Crippen molar-refractivity contribution < 1.29 is 9.21 Å². The van der Waals surface area contributed by atoms with Gasteiger partial charge in [0.15, 0.2) is 0 Å². The summed E-state index contributed by atoms with van der Waals surface area (Å²) < 4.78 is 5.26. The molecule has 0 radical (unpaired) electrons. The Morgan fingerprint density at radius 1 is 1.42 bits per heavy atom. The van der Waals surface area contributed by atoms with Gasteiger partial charge in [0, 0.05) is 10.9 Å². The number of carbonyl (C=O) groups is 1. The highest BCUT2D eigenvalue weighted by Gasteiger charge is 2.13. The summed E-state index contributed by atoms with van der Waals surface area (Å²) in [4.78, 5) is 12.1. The predicted octanol–water partition coefficient (Wildman–Crippen LogP) is 2.65. The van der Waals surface area contributed by atoms with Gasteiger partial charge in [0.2, 0.25) is 0 Å². The Kier molecular flexibility index (Phi) is 2.79. The van der Waals surface area contributed by atoms with Crippen molar-refractivity contribution >= 4 is 16.8 Å². The van der Waals surface area contributed by atoms with E-state index in [2.05, 4.69) is 15.5 Å². The Balaban J connectivity index is 1.79. The van der Waals surface area contributed by atoms with E-state index in [1.807, 2.05) is 19.1 Å². The van der Waals surface area contributed by atoms with Crippen molar-refractivity contribution in [3.8, 4) is 0 Å². The highest BCUT2D eigenvalue weighted by atomic mass is 16.3. The second kappa shape index (κ2) is 4.61. The summed E-state index contributed by atoms with van der Waals surface area (Å²) in [5, 5.41) is 10.6. The van der Waals surface area contributed by atoms with Crippen LogP contribution < -0.4 is 5.32 Å². The van der Waals surface area contributed by atoms with E-state index < -0.39 is 0 Å². The Labute approximate surface area is 109 Å². The topological polar surface area (TPSA) is 70.9 Å². The predicted molar refractivity (Wildman–Crippen MR) is 70.7 cm³/mol. The molecule has 5 heteroatoms. The number of benzene rings is 1. The molecule has 1 amide bonds. The third-order valence-electron chi connectivity index (χ3n) is 3.02. The highest BCUT2D eigenvalue weighted by Crippen LogP contribution is 2.16. The number of fused-ring (bicyclic) bond motifs is 1. The van der Waals surface area contributed by atoms with E-state index in [4.69, 9.17) is 4.42 Å². The average Bonchev–Trinajstić information content (AvgIpc) is 3.09. The van der Waals surface area contributed by atoms with Gasteiger partial charge in [-0.25, -0.2) is 0 Å². The van der Waals surface area contributed by atoms with Crippen molar-refractivity contribution in [2.24, 2.45) is 0 Å². The van der Waals surface area contributed by atoms with Crippen LogP contribution in [0.25, 0.3) is 10.9 Å². The fourth-order valence-electron chi connectivity index (χ4n) is 1.97. The van der Waals surface area contributed by atoms with Gasteiger partial charge in [-0.1, -0.05) is 6.07 Å². The molecule has 0 saturated carbocycles. The van der Waals surface area contributed by atoms with Gasteiger partial charge >= 0.3 is 0 Å². The van der Waals surface area contributed by atoms with Crippen LogP contribution in [-0.2, 0) is 0 Å². The molecule has 96 valence electrons. The summed E-state index contributed by atoms with van der Waals surface area (Å²) in [6.45, 7) is 1.88. The number of nitrogens with zero attached hydrogens (tertiary/aromatic N) is 1. The number of aromatic amines is 1. The zero-order valence-electron chi connectivity index (χ0n) is 10.4. The number of carbonyl (C=O) groups excluding carboxylic acids is 1. The average molecular weight is 255 g/mol. The van der Waals surface area contributed by atoms with Crippen molar-refractivity contribution in [1.29, 1.82) is 0 Å². The molecule has 0 aliphatic heterocycles. The molecule has 2 heterocycles. The first-order chi connectivity index (χ1) is 9.24. The van der Waals surface area contributed by atoms with E-state index >= 15 is 0 Å². The van der Waals surface area contributed by atoms with Crippen LogP contribution in [0.15, 0.2) is 47.2 Å². The van der Waals surface area contributed by atoms with Crippen LogP contribution in [-0.4, -0.2) is 16.1 Å². The molecule has 5 nitrogen and oxygen atoms in total. The van der Waals surface area contributed by atoms with Gasteiger partial charge in [-0.2, -0.15) is 5.10 Å². The molecule has 2 N–H and O–H groups in total. The highest BCUT2D eigenvalue weighted by molar-refractivity contribution is 5.97. The monoisotopic (exact) mass is 255 g/mol. The molecule has 0 aliphatic carbocycles. The van der Waals surface area contributed by atoms with Crippen molar-refractivity contribution in [2.75, 3.05) is 0 Å². The zero-order chi connectivity index (χ0) is 13.2. The maximum atomic E-state index is 12.1. The van der Waals surface area contributed by atoms with E-state index in [0.29, 0.717) is 5.56 Å². The maximum absolute atomic E-state index is 12.1. The molecule has 0 spiro atoms. The number of rotatable bonds is 3. The first-order valence-electron chi connectivity index (χ1n) is 6.01. The number of H-pyrrole nitrogens is 1. The van der Waals surface area contributed by atoms with E-state index in [9.17, 15) is 4.79 Å². The molecule has 0 bridgehead atoms. The van der Waals surface area contributed by atoms with Crippen molar-refractivity contribution in [1.82, 2.24) is 15.5 Å². The van der Waals surface area contributed by atoms with E-state index in [1.165, 1.54) is 0 Å². The number of aromatic nitrogens is 2. The number of hydrogen-bond donors (Lipinski definition) is 2. The molecule has 2 aromatic heterocycles. The van der Waals surface area contributed by atoms with Crippen LogP contribution in [0.2, 0.25) is 0 Å². The normalized spacial score (nSPS) is 12.5. The SMILES string of the molecule is CC(NC(=O)c1ccc2cn[nH]c2c1)c1ccco1. The van der Waals surface area contributed by atoms with Crippen LogP contribution in [0.3, 0.4) is 0 Å². The minimum absolute atomic E-state index is 0.139. The lowest BCUT2D eigenvalue weighted by molar-refractivity contribution is 0.0935. The van der Waals surface area contributed by atoms with Crippen LogP contribution in [0, 0.1) is 0 Å².